The van der Waals surface area contributed by atoms with Crippen molar-refractivity contribution in [2.75, 3.05) is 0 Å². The summed E-state index contributed by atoms with van der Waals surface area (Å²) in [7, 11) is 0. The minimum absolute atomic E-state index is 0.00402. The van der Waals surface area contributed by atoms with Crippen LogP contribution in [-0.4, -0.2) is 20.8 Å². The third kappa shape index (κ3) is 4.46. The van der Waals surface area contributed by atoms with E-state index in [1.165, 1.54) is 5.56 Å². The number of nitriles is 1. The van der Waals surface area contributed by atoms with Crippen LogP contribution in [0.1, 0.15) is 31.0 Å². The van der Waals surface area contributed by atoms with Crippen molar-refractivity contribution < 1.29 is 0 Å². The fourth-order valence-electron chi connectivity index (χ4n) is 3.86. The van der Waals surface area contributed by atoms with Crippen LogP contribution in [0.25, 0.3) is 16.5 Å². The highest BCUT2D eigenvalue weighted by atomic mass is 35.5. The molecular weight excluding hydrogens is 394 g/mol. The second kappa shape index (κ2) is 8.83. The van der Waals surface area contributed by atoms with Gasteiger partial charge in [0.05, 0.1) is 28.9 Å². The second-order valence-corrected chi connectivity index (χ2v) is 8.31. The summed E-state index contributed by atoms with van der Waals surface area (Å²) in [5, 5.41) is 15.5. The predicted octanol–water partition coefficient (Wildman–Crippen LogP) is 4.83. The first-order valence-corrected chi connectivity index (χ1v) is 10.5. The first-order valence-electron chi connectivity index (χ1n) is 10.2. The highest BCUT2D eigenvalue weighted by Gasteiger charge is 2.22. The molecule has 0 amide bonds. The van der Waals surface area contributed by atoms with Crippen molar-refractivity contribution in [3.63, 3.8) is 0 Å². The number of fused-ring (bicyclic) bond motifs is 1. The molecule has 0 saturated heterocycles. The van der Waals surface area contributed by atoms with Gasteiger partial charge in [-0.3, -0.25) is 9.67 Å². The zero-order chi connectivity index (χ0) is 21.1. The van der Waals surface area contributed by atoms with Crippen LogP contribution < -0.4 is 5.73 Å². The maximum Gasteiger partial charge on any atom is 0.0962 e. The van der Waals surface area contributed by atoms with Gasteiger partial charge in [0.2, 0.25) is 0 Å². The van der Waals surface area contributed by atoms with E-state index in [0.717, 1.165) is 35.0 Å². The van der Waals surface area contributed by atoms with Crippen LogP contribution in [0.2, 0.25) is 0 Å². The van der Waals surface area contributed by atoms with Crippen LogP contribution in [0.3, 0.4) is 0 Å². The number of aryl methyl sites for hydroxylation is 1. The Kier molecular flexibility index (Phi) is 5.98. The largest absolute Gasteiger partial charge is 0.326 e. The van der Waals surface area contributed by atoms with Gasteiger partial charge >= 0.3 is 0 Å². The predicted molar refractivity (Wildman–Crippen MR) is 121 cm³/mol. The van der Waals surface area contributed by atoms with Crippen LogP contribution in [-0.2, 0) is 13.0 Å². The van der Waals surface area contributed by atoms with Crippen LogP contribution in [0.5, 0.6) is 0 Å². The Morgan fingerprint density at radius 1 is 1.33 bits per heavy atom. The van der Waals surface area contributed by atoms with Gasteiger partial charge in [-0.25, -0.2) is 0 Å². The zero-order valence-electron chi connectivity index (χ0n) is 16.9. The molecule has 5 nitrogen and oxygen atoms in total. The molecule has 1 unspecified atom stereocenters. The van der Waals surface area contributed by atoms with E-state index in [1.54, 1.807) is 0 Å². The first-order chi connectivity index (χ1) is 14.5. The van der Waals surface area contributed by atoms with Crippen LogP contribution in [0, 0.1) is 17.2 Å². The van der Waals surface area contributed by atoms with E-state index in [1.807, 2.05) is 47.4 Å². The number of hydrogen-bond acceptors (Lipinski definition) is 4. The summed E-state index contributed by atoms with van der Waals surface area (Å²) >= 11 is 6.24. The van der Waals surface area contributed by atoms with Crippen LogP contribution in [0.15, 0.2) is 65.5 Å². The van der Waals surface area contributed by atoms with Gasteiger partial charge in [0.25, 0.3) is 0 Å². The second-order valence-electron chi connectivity index (χ2n) is 7.90. The van der Waals surface area contributed by atoms with Crippen molar-refractivity contribution in [2.45, 2.75) is 38.8 Å². The van der Waals surface area contributed by atoms with Crippen molar-refractivity contribution in [3.05, 3.63) is 76.7 Å². The minimum atomic E-state index is -0.00402. The Labute approximate surface area is 181 Å². The number of benzene rings is 1. The topological polar surface area (TPSA) is 80.5 Å². The molecule has 2 aromatic heterocycles. The molecule has 0 spiro atoms. The van der Waals surface area contributed by atoms with Gasteiger partial charge in [0.1, 0.15) is 0 Å². The van der Waals surface area contributed by atoms with E-state index in [0.29, 0.717) is 23.6 Å². The molecule has 6 heteroatoms. The molecule has 1 aliphatic rings. The van der Waals surface area contributed by atoms with Gasteiger partial charge in [-0.1, -0.05) is 36.7 Å². The average molecular weight is 418 g/mol. The van der Waals surface area contributed by atoms with Gasteiger partial charge in [0.15, 0.2) is 0 Å². The number of allylic oxidation sites excluding steroid dienone is 4. The molecule has 0 fully saturated rings. The number of halogens is 1. The van der Waals surface area contributed by atoms with Crippen molar-refractivity contribution >= 4 is 28.1 Å². The van der Waals surface area contributed by atoms with E-state index in [4.69, 9.17) is 27.7 Å². The SMILES string of the molecule is CC1CC(C#N)=C(Cl)C=C1c1ccn(C[C@H](N)CCc2cnc3ccccc3c2)n1. The van der Waals surface area contributed by atoms with Crippen molar-refractivity contribution in [3.8, 4) is 6.07 Å². The molecule has 4 rings (SSSR count). The Bertz CT molecular complexity index is 1170. The van der Waals surface area contributed by atoms with E-state index in [9.17, 15) is 0 Å². The van der Waals surface area contributed by atoms with Gasteiger partial charge < -0.3 is 5.73 Å². The Balaban J connectivity index is 1.38. The molecule has 0 saturated carbocycles. The maximum absolute atomic E-state index is 9.17. The third-order valence-corrected chi connectivity index (χ3v) is 5.89. The van der Waals surface area contributed by atoms with E-state index in [2.05, 4.69) is 30.1 Å². The standard InChI is InChI=1S/C24H24ClN5/c1-16-10-19(13-26)22(25)12-21(16)24-8-9-30(29-24)15-20(27)7-6-17-11-18-4-2-3-5-23(18)28-14-17/h2-5,8-9,11-12,14,16,20H,6-7,10,15,27H2,1H3/t16?,20-/m1/s1. The number of rotatable bonds is 6. The lowest BCUT2D eigenvalue weighted by Gasteiger charge is -2.19. The number of para-hydroxylation sites is 1. The van der Waals surface area contributed by atoms with Crippen LogP contribution >= 0.6 is 11.6 Å². The summed E-state index contributed by atoms with van der Waals surface area (Å²) in [6.07, 6.45) is 8.14. The lowest BCUT2D eigenvalue weighted by Crippen LogP contribution is -2.27. The Morgan fingerprint density at radius 2 is 2.17 bits per heavy atom. The van der Waals surface area contributed by atoms with E-state index >= 15 is 0 Å². The van der Waals surface area contributed by atoms with Crippen LogP contribution in [0.4, 0.5) is 0 Å². The molecule has 30 heavy (non-hydrogen) atoms. The molecule has 0 radical (unpaired) electrons. The number of nitrogens with two attached hydrogens (primary N) is 1. The quantitative estimate of drug-likeness (QED) is 0.622. The summed E-state index contributed by atoms with van der Waals surface area (Å²) < 4.78 is 1.89. The molecule has 2 atom stereocenters. The molecular formula is C24H24ClN5. The summed E-state index contributed by atoms with van der Waals surface area (Å²) in [5.74, 6) is 0.208. The molecule has 2 N–H and O–H groups in total. The minimum Gasteiger partial charge on any atom is -0.326 e. The Morgan fingerprint density at radius 3 is 3.00 bits per heavy atom. The highest BCUT2D eigenvalue weighted by Crippen LogP contribution is 2.35. The molecule has 2 heterocycles. The normalized spacial score (nSPS) is 17.7. The highest BCUT2D eigenvalue weighted by molar-refractivity contribution is 6.32. The monoisotopic (exact) mass is 417 g/mol. The average Bonchev–Trinajstić information content (AvgIpc) is 3.21. The number of aromatic nitrogens is 3. The molecule has 1 aliphatic carbocycles. The molecule has 3 aromatic rings. The van der Waals surface area contributed by atoms with Crippen molar-refractivity contribution in [1.29, 1.82) is 5.26 Å². The van der Waals surface area contributed by atoms with Gasteiger partial charge in [0, 0.05) is 29.4 Å². The summed E-state index contributed by atoms with van der Waals surface area (Å²) in [6, 6.07) is 14.5. The van der Waals surface area contributed by atoms with E-state index in [-0.39, 0.29) is 12.0 Å². The van der Waals surface area contributed by atoms with Crippen molar-refractivity contribution in [2.24, 2.45) is 11.7 Å². The lowest BCUT2D eigenvalue weighted by atomic mass is 9.87. The molecule has 152 valence electrons. The lowest BCUT2D eigenvalue weighted by molar-refractivity contribution is 0.484. The fourth-order valence-corrected chi connectivity index (χ4v) is 4.10. The molecule has 0 bridgehead atoms. The summed E-state index contributed by atoms with van der Waals surface area (Å²) in [4.78, 5) is 4.52. The van der Waals surface area contributed by atoms with Gasteiger partial charge in [-0.05, 0) is 60.6 Å². The number of nitrogens with zero attached hydrogens (tertiary/aromatic N) is 4. The number of hydrogen-bond donors (Lipinski definition) is 1. The molecule has 0 aliphatic heterocycles. The number of pyridine rings is 1. The fraction of sp³-hybridized carbons (Fsp3) is 0.292. The summed E-state index contributed by atoms with van der Waals surface area (Å²) in [6.45, 7) is 2.74. The van der Waals surface area contributed by atoms with Gasteiger partial charge in [-0.2, -0.15) is 10.4 Å². The first kappa shape index (κ1) is 20.3. The van der Waals surface area contributed by atoms with E-state index < -0.39 is 0 Å². The zero-order valence-corrected chi connectivity index (χ0v) is 17.7. The maximum atomic E-state index is 9.17. The summed E-state index contributed by atoms with van der Waals surface area (Å²) in [5.41, 5.74) is 11.2. The van der Waals surface area contributed by atoms with Gasteiger partial charge in [-0.15, -0.1) is 0 Å². The third-order valence-electron chi connectivity index (χ3n) is 5.56. The molecule has 1 aromatic carbocycles. The van der Waals surface area contributed by atoms with Crippen molar-refractivity contribution in [1.82, 2.24) is 14.8 Å². The smallest absolute Gasteiger partial charge is 0.0962 e. The Hall–Kier alpha value is -2.94.